The minimum Gasteiger partial charge on any atom is -0.336 e. The van der Waals surface area contributed by atoms with Crippen molar-refractivity contribution in [3.63, 3.8) is 0 Å². The fourth-order valence-electron chi connectivity index (χ4n) is 1.51. The van der Waals surface area contributed by atoms with Gasteiger partial charge >= 0.3 is 6.03 Å². The molecule has 1 N–H and O–H groups in total. The van der Waals surface area contributed by atoms with Crippen LogP contribution in [0.5, 0.6) is 0 Å². The SMILES string of the molecule is CCCCNC(=O)n1nnc2cc(Cl)c(Cl)cc21. The van der Waals surface area contributed by atoms with E-state index in [1.807, 2.05) is 0 Å². The third-order valence-electron chi connectivity index (χ3n) is 2.49. The topological polar surface area (TPSA) is 59.8 Å². The van der Waals surface area contributed by atoms with Crippen LogP contribution in [0.2, 0.25) is 10.0 Å². The summed E-state index contributed by atoms with van der Waals surface area (Å²) in [6, 6.07) is 2.85. The van der Waals surface area contributed by atoms with E-state index < -0.39 is 0 Å². The number of unbranched alkanes of at least 4 members (excludes halogenated alkanes) is 1. The summed E-state index contributed by atoms with van der Waals surface area (Å²) in [4.78, 5) is 11.9. The van der Waals surface area contributed by atoms with Gasteiger partial charge in [0.15, 0.2) is 0 Å². The van der Waals surface area contributed by atoms with Crippen molar-refractivity contribution < 1.29 is 4.79 Å². The molecule has 0 unspecified atom stereocenters. The summed E-state index contributed by atoms with van der Waals surface area (Å²) in [7, 11) is 0. The molecule has 5 nitrogen and oxygen atoms in total. The second kappa shape index (κ2) is 5.54. The van der Waals surface area contributed by atoms with Crippen LogP contribution in [0.15, 0.2) is 12.1 Å². The third-order valence-corrected chi connectivity index (χ3v) is 3.21. The molecule has 18 heavy (non-hydrogen) atoms. The molecule has 7 heteroatoms. The summed E-state index contributed by atoms with van der Waals surface area (Å²) in [5, 5.41) is 11.2. The van der Waals surface area contributed by atoms with Gasteiger partial charge in [-0.2, -0.15) is 4.68 Å². The first-order valence-corrected chi connectivity index (χ1v) is 6.37. The Morgan fingerprint density at radius 3 is 2.83 bits per heavy atom. The minimum absolute atomic E-state index is 0.315. The van der Waals surface area contributed by atoms with E-state index in [1.54, 1.807) is 12.1 Å². The van der Waals surface area contributed by atoms with E-state index in [2.05, 4.69) is 22.6 Å². The molecule has 96 valence electrons. The van der Waals surface area contributed by atoms with Crippen LogP contribution in [0.25, 0.3) is 11.0 Å². The molecular formula is C11H12Cl2N4O. The first kappa shape index (κ1) is 13.1. The molecule has 0 aliphatic heterocycles. The number of hydrogen-bond acceptors (Lipinski definition) is 3. The van der Waals surface area contributed by atoms with Gasteiger partial charge in [-0.3, -0.25) is 0 Å². The van der Waals surface area contributed by atoms with Gasteiger partial charge in [0.25, 0.3) is 0 Å². The number of carbonyl (C=O) groups excluding carboxylic acids is 1. The summed E-state index contributed by atoms with van der Waals surface area (Å²) in [5.74, 6) is 0. The Kier molecular flexibility index (Phi) is 4.04. The normalized spacial score (nSPS) is 10.8. The Morgan fingerprint density at radius 1 is 1.39 bits per heavy atom. The molecule has 0 spiro atoms. The van der Waals surface area contributed by atoms with Gasteiger partial charge in [0.1, 0.15) is 11.0 Å². The van der Waals surface area contributed by atoms with Crippen molar-refractivity contribution in [3.8, 4) is 0 Å². The van der Waals surface area contributed by atoms with Crippen LogP contribution in [0.1, 0.15) is 19.8 Å². The summed E-state index contributed by atoms with van der Waals surface area (Å²) < 4.78 is 1.19. The van der Waals surface area contributed by atoms with Crippen LogP contribution in [0, 0.1) is 0 Å². The van der Waals surface area contributed by atoms with E-state index in [1.165, 1.54) is 4.68 Å². The molecule has 0 saturated heterocycles. The first-order valence-electron chi connectivity index (χ1n) is 5.62. The quantitative estimate of drug-likeness (QED) is 0.882. The molecule has 0 aliphatic rings. The Balaban J connectivity index is 2.28. The second-order valence-electron chi connectivity index (χ2n) is 3.84. The molecule has 0 radical (unpaired) electrons. The number of nitrogens with zero attached hydrogens (tertiary/aromatic N) is 3. The van der Waals surface area contributed by atoms with Gasteiger partial charge < -0.3 is 5.32 Å². The van der Waals surface area contributed by atoms with Crippen LogP contribution in [-0.2, 0) is 0 Å². The molecule has 1 aromatic heterocycles. The lowest BCUT2D eigenvalue weighted by Gasteiger charge is -2.04. The lowest BCUT2D eigenvalue weighted by atomic mass is 10.3. The third kappa shape index (κ3) is 2.57. The molecule has 0 aliphatic carbocycles. The number of halogens is 2. The molecule has 0 saturated carbocycles. The van der Waals surface area contributed by atoms with E-state index in [9.17, 15) is 4.79 Å². The summed E-state index contributed by atoms with van der Waals surface area (Å²) in [6.07, 6.45) is 1.94. The van der Waals surface area contributed by atoms with Crippen LogP contribution in [0.3, 0.4) is 0 Å². The number of hydrogen-bond donors (Lipinski definition) is 1. The highest BCUT2D eigenvalue weighted by Crippen LogP contribution is 2.26. The minimum atomic E-state index is -0.315. The maximum Gasteiger partial charge on any atom is 0.344 e. The fraction of sp³-hybridized carbons (Fsp3) is 0.364. The second-order valence-corrected chi connectivity index (χ2v) is 4.66. The zero-order valence-electron chi connectivity index (χ0n) is 9.78. The van der Waals surface area contributed by atoms with Crippen LogP contribution >= 0.6 is 23.2 Å². The van der Waals surface area contributed by atoms with Crippen molar-refractivity contribution in [2.45, 2.75) is 19.8 Å². The predicted octanol–water partition coefficient (Wildman–Crippen LogP) is 3.10. The molecule has 1 aromatic carbocycles. The predicted molar refractivity (Wildman–Crippen MR) is 71.3 cm³/mol. The van der Waals surface area contributed by atoms with Crippen molar-refractivity contribution in [1.82, 2.24) is 20.3 Å². The molecular weight excluding hydrogens is 275 g/mol. The Labute approximate surface area is 114 Å². The maximum atomic E-state index is 11.9. The van der Waals surface area contributed by atoms with Gasteiger partial charge in [-0.15, -0.1) is 5.10 Å². The number of rotatable bonds is 3. The highest BCUT2D eigenvalue weighted by Gasteiger charge is 2.13. The number of nitrogens with one attached hydrogen (secondary N) is 1. The molecule has 2 rings (SSSR count). The fourth-order valence-corrected chi connectivity index (χ4v) is 1.83. The van der Waals surface area contributed by atoms with Crippen molar-refractivity contribution in [2.75, 3.05) is 6.54 Å². The van der Waals surface area contributed by atoms with Gasteiger partial charge in [-0.05, 0) is 18.6 Å². The molecule has 0 fully saturated rings. The van der Waals surface area contributed by atoms with Crippen molar-refractivity contribution >= 4 is 40.3 Å². The van der Waals surface area contributed by atoms with Crippen molar-refractivity contribution in [1.29, 1.82) is 0 Å². The first-order chi connectivity index (χ1) is 8.63. The van der Waals surface area contributed by atoms with Gasteiger partial charge in [-0.25, -0.2) is 4.79 Å². The van der Waals surface area contributed by atoms with Crippen LogP contribution < -0.4 is 5.32 Å². The molecule has 0 bridgehead atoms. The Bertz CT molecular complexity index is 582. The van der Waals surface area contributed by atoms with Gasteiger partial charge in [0.2, 0.25) is 0 Å². The van der Waals surface area contributed by atoms with E-state index in [4.69, 9.17) is 23.2 Å². The summed E-state index contributed by atoms with van der Waals surface area (Å²) in [5.41, 5.74) is 1.08. The lowest BCUT2D eigenvalue weighted by Crippen LogP contribution is -2.30. The summed E-state index contributed by atoms with van der Waals surface area (Å²) in [6.45, 7) is 2.66. The number of aromatic nitrogens is 3. The van der Waals surface area contributed by atoms with Gasteiger partial charge in [0, 0.05) is 6.54 Å². The van der Waals surface area contributed by atoms with E-state index in [0.717, 1.165) is 12.8 Å². The number of fused-ring (bicyclic) bond motifs is 1. The molecule has 2 aromatic rings. The number of carbonyl (C=O) groups is 1. The molecule has 0 atom stereocenters. The highest BCUT2D eigenvalue weighted by molar-refractivity contribution is 6.42. The van der Waals surface area contributed by atoms with Crippen molar-refractivity contribution in [3.05, 3.63) is 22.2 Å². The monoisotopic (exact) mass is 286 g/mol. The largest absolute Gasteiger partial charge is 0.344 e. The summed E-state index contributed by atoms with van der Waals surface area (Å²) >= 11 is 11.8. The van der Waals surface area contributed by atoms with E-state index in [0.29, 0.717) is 27.6 Å². The van der Waals surface area contributed by atoms with E-state index in [-0.39, 0.29) is 6.03 Å². The lowest BCUT2D eigenvalue weighted by molar-refractivity contribution is 0.240. The zero-order chi connectivity index (χ0) is 13.1. The van der Waals surface area contributed by atoms with Gasteiger partial charge in [-0.1, -0.05) is 41.8 Å². The molecule has 1 amide bonds. The number of amides is 1. The number of benzene rings is 1. The van der Waals surface area contributed by atoms with Crippen LogP contribution in [0.4, 0.5) is 4.79 Å². The highest BCUT2D eigenvalue weighted by atomic mass is 35.5. The maximum absolute atomic E-state index is 11.9. The van der Waals surface area contributed by atoms with Crippen molar-refractivity contribution in [2.24, 2.45) is 0 Å². The smallest absolute Gasteiger partial charge is 0.336 e. The van der Waals surface area contributed by atoms with Gasteiger partial charge in [0.05, 0.1) is 10.0 Å². The molecule has 1 heterocycles. The standard InChI is InChI=1S/C11H12Cl2N4O/c1-2-3-4-14-11(18)17-10-6-8(13)7(12)5-9(10)15-16-17/h5-6H,2-4H2,1H3,(H,14,18). The van der Waals surface area contributed by atoms with E-state index >= 15 is 0 Å². The average Bonchev–Trinajstić information content (AvgIpc) is 2.73. The zero-order valence-corrected chi connectivity index (χ0v) is 11.3. The Hall–Kier alpha value is -1.33. The van der Waals surface area contributed by atoms with Crippen LogP contribution in [-0.4, -0.2) is 27.6 Å². The Morgan fingerprint density at radius 2 is 2.11 bits per heavy atom. The average molecular weight is 287 g/mol.